The third-order valence-electron chi connectivity index (χ3n) is 4.85. The Morgan fingerprint density at radius 1 is 1.00 bits per heavy atom. The number of carbonyl (C=O) groups is 3. The molecule has 0 aromatic heterocycles. The number of hydrogen-bond acceptors (Lipinski definition) is 4. The van der Waals surface area contributed by atoms with Gasteiger partial charge in [-0.15, -0.1) is 0 Å². The summed E-state index contributed by atoms with van der Waals surface area (Å²) in [5, 5.41) is 14.5. The second-order valence-electron chi connectivity index (χ2n) is 6.85. The fraction of sp³-hybridized carbons (Fsp3) is 0.286. The quantitative estimate of drug-likeness (QED) is 0.720. The fourth-order valence-electron chi connectivity index (χ4n) is 3.18. The molecule has 0 aliphatic carbocycles. The Balaban J connectivity index is 1.52. The van der Waals surface area contributed by atoms with Gasteiger partial charge in [0.1, 0.15) is 0 Å². The first-order chi connectivity index (χ1) is 13.9. The van der Waals surface area contributed by atoms with Gasteiger partial charge in [-0.05, 0) is 35.9 Å². The van der Waals surface area contributed by atoms with Crippen LogP contribution in [0.3, 0.4) is 0 Å². The maximum atomic E-state index is 12.2. The summed E-state index contributed by atoms with van der Waals surface area (Å²) in [6.07, 6.45) is 0. The molecule has 0 atom stereocenters. The molecule has 0 spiro atoms. The zero-order chi connectivity index (χ0) is 20.8. The van der Waals surface area contributed by atoms with Gasteiger partial charge in [0.2, 0.25) is 5.91 Å². The minimum atomic E-state index is -0.982. The second kappa shape index (κ2) is 9.09. The van der Waals surface area contributed by atoms with E-state index in [4.69, 9.17) is 5.11 Å². The monoisotopic (exact) mass is 396 g/mol. The predicted molar refractivity (Wildman–Crippen MR) is 110 cm³/mol. The number of carboxylic acids is 1. The molecule has 1 fully saturated rings. The third-order valence-corrected chi connectivity index (χ3v) is 4.85. The van der Waals surface area contributed by atoms with Crippen LogP contribution in [-0.2, 0) is 11.3 Å². The number of nitrogens with zero attached hydrogens (tertiary/aromatic N) is 2. The van der Waals surface area contributed by atoms with Gasteiger partial charge in [-0.25, -0.2) is 9.59 Å². The van der Waals surface area contributed by atoms with Crippen LogP contribution in [0.15, 0.2) is 48.5 Å². The second-order valence-corrected chi connectivity index (χ2v) is 6.85. The third kappa shape index (κ3) is 5.47. The van der Waals surface area contributed by atoms with Crippen molar-refractivity contribution >= 4 is 29.3 Å². The van der Waals surface area contributed by atoms with Crippen LogP contribution in [0.1, 0.15) is 22.8 Å². The zero-order valence-electron chi connectivity index (χ0n) is 16.2. The summed E-state index contributed by atoms with van der Waals surface area (Å²) < 4.78 is 0. The van der Waals surface area contributed by atoms with Crippen molar-refractivity contribution in [1.29, 1.82) is 0 Å². The molecule has 1 heterocycles. The molecular formula is C21H24N4O4. The Morgan fingerprint density at radius 2 is 1.69 bits per heavy atom. The number of aromatic carboxylic acids is 1. The minimum absolute atomic E-state index is 0.0920. The lowest BCUT2D eigenvalue weighted by molar-refractivity contribution is -0.129. The first kappa shape index (κ1) is 20.2. The van der Waals surface area contributed by atoms with Crippen molar-refractivity contribution in [2.24, 2.45) is 0 Å². The van der Waals surface area contributed by atoms with Gasteiger partial charge >= 0.3 is 12.0 Å². The first-order valence-corrected chi connectivity index (χ1v) is 9.40. The number of anilines is 2. The Hall–Kier alpha value is -3.55. The predicted octanol–water partition coefficient (Wildman–Crippen LogP) is 2.38. The number of rotatable bonds is 5. The Kier molecular flexibility index (Phi) is 6.33. The molecule has 3 N–H and O–H groups in total. The van der Waals surface area contributed by atoms with E-state index in [9.17, 15) is 14.4 Å². The maximum Gasteiger partial charge on any atom is 0.335 e. The molecule has 0 bridgehead atoms. The Morgan fingerprint density at radius 3 is 2.31 bits per heavy atom. The number of urea groups is 1. The highest BCUT2D eigenvalue weighted by atomic mass is 16.4. The molecule has 1 aliphatic rings. The Labute approximate surface area is 169 Å². The van der Waals surface area contributed by atoms with Crippen LogP contribution < -0.4 is 15.5 Å². The molecule has 29 heavy (non-hydrogen) atoms. The number of amides is 3. The normalized spacial score (nSPS) is 13.7. The minimum Gasteiger partial charge on any atom is -0.478 e. The van der Waals surface area contributed by atoms with E-state index in [0.29, 0.717) is 25.3 Å². The number of benzene rings is 2. The topological polar surface area (TPSA) is 102 Å². The average Bonchev–Trinajstić information content (AvgIpc) is 2.73. The fourth-order valence-corrected chi connectivity index (χ4v) is 3.18. The molecule has 0 unspecified atom stereocenters. The van der Waals surface area contributed by atoms with Crippen LogP contribution >= 0.6 is 0 Å². The number of hydrogen-bond donors (Lipinski definition) is 3. The molecule has 3 rings (SSSR count). The molecule has 1 saturated heterocycles. The van der Waals surface area contributed by atoms with Crippen molar-refractivity contribution in [3.8, 4) is 0 Å². The van der Waals surface area contributed by atoms with Gasteiger partial charge in [-0.1, -0.05) is 18.2 Å². The zero-order valence-corrected chi connectivity index (χ0v) is 16.2. The van der Waals surface area contributed by atoms with Gasteiger partial charge < -0.3 is 25.5 Å². The standard InChI is InChI=1S/C21H24N4O4/c1-15(26)24-9-11-25(12-10-24)19-4-2-3-18(13-19)23-21(29)22-14-16-5-7-17(8-6-16)20(27)28/h2-8,13H,9-12,14H2,1H3,(H,27,28)(H2,22,23,29). The lowest BCUT2D eigenvalue weighted by Crippen LogP contribution is -2.48. The largest absolute Gasteiger partial charge is 0.478 e. The highest BCUT2D eigenvalue weighted by molar-refractivity contribution is 5.90. The van der Waals surface area contributed by atoms with Crippen LogP contribution in [0.25, 0.3) is 0 Å². The van der Waals surface area contributed by atoms with Crippen LogP contribution in [0.2, 0.25) is 0 Å². The maximum absolute atomic E-state index is 12.2. The van der Waals surface area contributed by atoms with Gasteiger partial charge in [-0.3, -0.25) is 4.79 Å². The van der Waals surface area contributed by atoms with Crippen LogP contribution in [0.4, 0.5) is 16.2 Å². The highest BCUT2D eigenvalue weighted by Gasteiger charge is 2.19. The van der Waals surface area contributed by atoms with E-state index in [1.54, 1.807) is 19.1 Å². The lowest BCUT2D eigenvalue weighted by atomic mass is 10.1. The molecule has 8 nitrogen and oxygen atoms in total. The summed E-state index contributed by atoms with van der Waals surface area (Å²) in [7, 11) is 0. The summed E-state index contributed by atoms with van der Waals surface area (Å²) in [4.78, 5) is 38.5. The average molecular weight is 396 g/mol. The Bertz CT molecular complexity index is 890. The molecule has 3 amide bonds. The SMILES string of the molecule is CC(=O)N1CCN(c2cccc(NC(=O)NCc3ccc(C(=O)O)cc3)c2)CC1. The van der Waals surface area contributed by atoms with Crippen LogP contribution in [0.5, 0.6) is 0 Å². The molecule has 2 aromatic rings. The molecule has 0 radical (unpaired) electrons. The summed E-state index contributed by atoms with van der Waals surface area (Å²) in [5.41, 5.74) is 2.69. The molecular weight excluding hydrogens is 372 g/mol. The summed E-state index contributed by atoms with van der Waals surface area (Å²) in [6, 6.07) is 13.6. The lowest BCUT2D eigenvalue weighted by Gasteiger charge is -2.35. The van der Waals surface area contributed by atoms with Crippen LogP contribution in [0, 0.1) is 0 Å². The highest BCUT2D eigenvalue weighted by Crippen LogP contribution is 2.21. The number of piperazine rings is 1. The van der Waals surface area contributed by atoms with Crippen molar-refractivity contribution in [3.05, 3.63) is 59.7 Å². The molecule has 0 saturated carbocycles. The van der Waals surface area contributed by atoms with Gasteiger partial charge in [-0.2, -0.15) is 0 Å². The van der Waals surface area contributed by atoms with Crippen molar-refractivity contribution < 1.29 is 19.5 Å². The summed E-state index contributed by atoms with van der Waals surface area (Å²) in [5.74, 6) is -0.890. The van der Waals surface area contributed by atoms with E-state index in [0.717, 1.165) is 24.3 Å². The molecule has 8 heteroatoms. The van der Waals surface area contributed by atoms with E-state index < -0.39 is 5.97 Å². The van der Waals surface area contributed by atoms with Crippen molar-refractivity contribution in [2.75, 3.05) is 36.4 Å². The van der Waals surface area contributed by atoms with Gasteiger partial charge in [0, 0.05) is 51.0 Å². The van der Waals surface area contributed by atoms with E-state index in [1.165, 1.54) is 12.1 Å². The van der Waals surface area contributed by atoms with Crippen molar-refractivity contribution in [1.82, 2.24) is 10.2 Å². The summed E-state index contributed by atoms with van der Waals surface area (Å²) >= 11 is 0. The van der Waals surface area contributed by atoms with Gasteiger partial charge in [0.25, 0.3) is 0 Å². The number of nitrogens with one attached hydrogen (secondary N) is 2. The van der Waals surface area contributed by atoms with Crippen molar-refractivity contribution in [3.63, 3.8) is 0 Å². The number of carbonyl (C=O) groups excluding carboxylic acids is 2. The van der Waals surface area contributed by atoms with E-state index in [-0.39, 0.29) is 17.5 Å². The van der Waals surface area contributed by atoms with E-state index in [2.05, 4.69) is 15.5 Å². The molecule has 152 valence electrons. The molecule has 1 aliphatic heterocycles. The number of carboxylic acid groups (broad SMARTS) is 1. The summed E-state index contributed by atoms with van der Waals surface area (Å²) in [6.45, 7) is 4.75. The molecule has 2 aromatic carbocycles. The van der Waals surface area contributed by atoms with Gasteiger partial charge in [0.05, 0.1) is 5.56 Å². The van der Waals surface area contributed by atoms with Gasteiger partial charge in [0.15, 0.2) is 0 Å². The van der Waals surface area contributed by atoms with Crippen molar-refractivity contribution in [2.45, 2.75) is 13.5 Å². The smallest absolute Gasteiger partial charge is 0.335 e. The van der Waals surface area contributed by atoms with E-state index in [1.807, 2.05) is 29.2 Å². The van der Waals surface area contributed by atoms with E-state index >= 15 is 0 Å². The first-order valence-electron chi connectivity index (χ1n) is 9.40. The van der Waals surface area contributed by atoms with Crippen LogP contribution in [-0.4, -0.2) is 54.1 Å².